The highest BCUT2D eigenvalue weighted by Crippen LogP contribution is 2.33. The second-order valence-corrected chi connectivity index (χ2v) is 9.28. The zero-order valence-electron chi connectivity index (χ0n) is 18.1. The van der Waals surface area contributed by atoms with Crippen LogP contribution in [0.15, 0.2) is 65.6 Å². The molecular formula is C23H21ClN4O4S. The SMILES string of the molecule is COc1ccc2nc(NS(=O)(=O)c3ccc(Cl)cc3)c(Nc3cc(C)ccc3OC)nc2c1. The maximum atomic E-state index is 13.0. The van der Waals surface area contributed by atoms with E-state index in [0.717, 1.165) is 5.56 Å². The van der Waals surface area contributed by atoms with Crippen molar-refractivity contribution >= 4 is 50.0 Å². The van der Waals surface area contributed by atoms with Gasteiger partial charge in [-0.1, -0.05) is 17.7 Å². The molecule has 0 bridgehead atoms. The van der Waals surface area contributed by atoms with Crippen LogP contribution in [0.2, 0.25) is 5.02 Å². The number of ether oxygens (including phenoxy) is 2. The standard InChI is InChI=1S/C23H21ClN4O4S/c1-14-4-11-21(32-3)20(12-14)27-22-23(25-18-10-7-16(31-2)13-19(18)26-22)28-33(29,30)17-8-5-15(24)6-9-17/h4-13H,1-3H3,(H,25,28)(H,26,27). The van der Waals surface area contributed by atoms with E-state index in [9.17, 15) is 8.42 Å². The Kier molecular flexibility index (Phi) is 6.26. The van der Waals surface area contributed by atoms with Gasteiger partial charge in [0.15, 0.2) is 11.6 Å². The summed E-state index contributed by atoms with van der Waals surface area (Å²) in [6.45, 7) is 1.94. The first-order valence-corrected chi connectivity index (χ1v) is 11.7. The quantitative estimate of drug-likeness (QED) is 0.373. The highest BCUT2D eigenvalue weighted by molar-refractivity contribution is 7.92. The van der Waals surface area contributed by atoms with Crippen molar-refractivity contribution in [3.05, 3.63) is 71.2 Å². The highest BCUT2D eigenvalue weighted by Gasteiger charge is 2.20. The molecule has 0 aliphatic rings. The molecule has 1 aromatic heterocycles. The summed E-state index contributed by atoms with van der Waals surface area (Å²) in [4.78, 5) is 9.18. The van der Waals surface area contributed by atoms with E-state index >= 15 is 0 Å². The Labute approximate surface area is 196 Å². The summed E-state index contributed by atoms with van der Waals surface area (Å²) in [7, 11) is -0.849. The summed E-state index contributed by atoms with van der Waals surface area (Å²) in [6.07, 6.45) is 0. The van der Waals surface area contributed by atoms with Gasteiger partial charge in [0.25, 0.3) is 10.0 Å². The molecule has 33 heavy (non-hydrogen) atoms. The number of halogens is 1. The molecule has 0 amide bonds. The third-order valence-corrected chi connectivity index (χ3v) is 6.44. The molecule has 0 spiro atoms. The van der Waals surface area contributed by atoms with Gasteiger partial charge in [0.2, 0.25) is 0 Å². The second-order valence-electron chi connectivity index (χ2n) is 7.16. The van der Waals surface area contributed by atoms with Crippen LogP contribution in [-0.4, -0.2) is 32.6 Å². The van der Waals surface area contributed by atoms with Gasteiger partial charge in [0.1, 0.15) is 11.5 Å². The van der Waals surface area contributed by atoms with Crippen molar-refractivity contribution in [2.24, 2.45) is 0 Å². The van der Waals surface area contributed by atoms with Crippen LogP contribution in [0.5, 0.6) is 11.5 Å². The molecule has 0 radical (unpaired) electrons. The largest absolute Gasteiger partial charge is 0.497 e. The number of hydrogen-bond acceptors (Lipinski definition) is 7. The van der Waals surface area contributed by atoms with E-state index in [-0.39, 0.29) is 16.5 Å². The molecule has 4 rings (SSSR count). The topological polar surface area (TPSA) is 102 Å². The Morgan fingerprint density at radius 1 is 0.848 bits per heavy atom. The minimum Gasteiger partial charge on any atom is -0.497 e. The van der Waals surface area contributed by atoms with E-state index in [1.54, 1.807) is 32.4 Å². The number of anilines is 3. The Bertz CT molecular complexity index is 1430. The number of hydrogen-bond donors (Lipinski definition) is 2. The number of sulfonamides is 1. The van der Waals surface area contributed by atoms with Gasteiger partial charge in [0.05, 0.1) is 35.8 Å². The minimum atomic E-state index is -3.96. The van der Waals surface area contributed by atoms with Crippen LogP contribution in [0, 0.1) is 6.92 Å². The van der Waals surface area contributed by atoms with Crippen LogP contribution in [0.25, 0.3) is 11.0 Å². The molecule has 1 heterocycles. The number of nitrogens with one attached hydrogen (secondary N) is 2. The predicted octanol–water partition coefficient (Wildman–Crippen LogP) is 5.15. The van der Waals surface area contributed by atoms with Crippen molar-refractivity contribution in [2.75, 3.05) is 24.3 Å². The molecule has 0 fully saturated rings. The minimum absolute atomic E-state index is 0.0335. The third kappa shape index (κ3) is 4.94. The maximum Gasteiger partial charge on any atom is 0.263 e. The zero-order valence-corrected chi connectivity index (χ0v) is 19.7. The first kappa shape index (κ1) is 22.6. The van der Waals surface area contributed by atoms with Gasteiger partial charge in [-0.25, -0.2) is 18.4 Å². The molecule has 2 N–H and O–H groups in total. The van der Waals surface area contributed by atoms with E-state index < -0.39 is 10.0 Å². The normalized spacial score (nSPS) is 11.3. The smallest absolute Gasteiger partial charge is 0.263 e. The second kappa shape index (κ2) is 9.13. The molecular weight excluding hydrogens is 464 g/mol. The van der Waals surface area contributed by atoms with Gasteiger partial charge in [-0.15, -0.1) is 0 Å². The Balaban J connectivity index is 1.83. The monoisotopic (exact) mass is 484 g/mol. The van der Waals surface area contributed by atoms with Crippen LogP contribution in [-0.2, 0) is 10.0 Å². The molecule has 170 valence electrons. The number of rotatable bonds is 7. The van der Waals surface area contributed by atoms with E-state index in [4.69, 9.17) is 21.1 Å². The first-order valence-electron chi connectivity index (χ1n) is 9.85. The number of nitrogens with zero attached hydrogens (tertiary/aromatic N) is 2. The molecule has 0 aliphatic heterocycles. The molecule has 8 nitrogen and oxygen atoms in total. The van der Waals surface area contributed by atoms with Crippen LogP contribution < -0.4 is 19.5 Å². The predicted molar refractivity (Wildman–Crippen MR) is 129 cm³/mol. The van der Waals surface area contributed by atoms with Crippen molar-refractivity contribution in [2.45, 2.75) is 11.8 Å². The summed E-state index contributed by atoms with van der Waals surface area (Å²) in [5.41, 5.74) is 2.61. The lowest BCUT2D eigenvalue weighted by Gasteiger charge is -2.16. The van der Waals surface area contributed by atoms with Gasteiger partial charge < -0.3 is 14.8 Å². The lowest BCUT2D eigenvalue weighted by Crippen LogP contribution is -2.16. The highest BCUT2D eigenvalue weighted by atomic mass is 35.5. The molecule has 0 aliphatic carbocycles. The Hall–Kier alpha value is -3.56. The first-order chi connectivity index (χ1) is 15.8. The van der Waals surface area contributed by atoms with Gasteiger partial charge in [0, 0.05) is 11.1 Å². The lowest BCUT2D eigenvalue weighted by atomic mass is 10.2. The van der Waals surface area contributed by atoms with E-state index in [1.807, 2.05) is 25.1 Å². The third-order valence-electron chi connectivity index (χ3n) is 4.83. The van der Waals surface area contributed by atoms with Gasteiger partial charge in [-0.3, -0.25) is 4.72 Å². The van der Waals surface area contributed by atoms with Gasteiger partial charge in [-0.05, 0) is 61.0 Å². The summed E-state index contributed by atoms with van der Waals surface area (Å²) in [5.74, 6) is 1.41. The van der Waals surface area contributed by atoms with Crippen molar-refractivity contribution in [3.8, 4) is 11.5 Å². The maximum absolute atomic E-state index is 13.0. The molecule has 0 unspecified atom stereocenters. The molecule has 4 aromatic rings. The van der Waals surface area contributed by atoms with E-state index in [0.29, 0.717) is 33.2 Å². The van der Waals surface area contributed by atoms with Crippen LogP contribution in [0.3, 0.4) is 0 Å². The van der Waals surface area contributed by atoms with E-state index in [2.05, 4.69) is 20.0 Å². The van der Waals surface area contributed by atoms with Crippen molar-refractivity contribution < 1.29 is 17.9 Å². The summed E-state index contributed by atoms with van der Waals surface area (Å²) >= 11 is 5.90. The van der Waals surface area contributed by atoms with Crippen LogP contribution >= 0.6 is 11.6 Å². The summed E-state index contributed by atoms with van der Waals surface area (Å²) in [5, 5.41) is 3.59. The van der Waals surface area contributed by atoms with Crippen LogP contribution in [0.1, 0.15) is 5.56 Å². The number of fused-ring (bicyclic) bond motifs is 1. The van der Waals surface area contributed by atoms with Crippen molar-refractivity contribution in [1.82, 2.24) is 9.97 Å². The molecule has 10 heteroatoms. The van der Waals surface area contributed by atoms with Gasteiger partial charge >= 0.3 is 0 Å². The number of aryl methyl sites for hydroxylation is 1. The fourth-order valence-electron chi connectivity index (χ4n) is 3.17. The number of aromatic nitrogens is 2. The fourth-order valence-corrected chi connectivity index (χ4v) is 4.30. The average Bonchev–Trinajstić information content (AvgIpc) is 2.79. The van der Waals surface area contributed by atoms with Crippen molar-refractivity contribution in [3.63, 3.8) is 0 Å². The van der Waals surface area contributed by atoms with Gasteiger partial charge in [-0.2, -0.15) is 0 Å². The van der Waals surface area contributed by atoms with E-state index in [1.165, 1.54) is 24.3 Å². The Morgan fingerprint density at radius 3 is 2.27 bits per heavy atom. The fraction of sp³-hybridized carbons (Fsp3) is 0.130. The molecule has 3 aromatic carbocycles. The number of methoxy groups -OCH3 is 2. The summed E-state index contributed by atoms with van der Waals surface area (Å²) in [6, 6.07) is 16.6. The Morgan fingerprint density at radius 2 is 1.58 bits per heavy atom. The van der Waals surface area contributed by atoms with Crippen LogP contribution in [0.4, 0.5) is 17.3 Å². The molecule has 0 atom stereocenters. The molecule has 0 saturated heterocycles. The molecule has 0 saturated carbocycles. The average molecular weight is 485 g/mol. The zero-order chi connectivity index (χ0) is 23.6. The number of benzene rings is 3. The lowest BCUT2D eigenvalue weighted by molar-refractivity contribution is 0.415. The van der Waals surface area contributed by atoms with Crippen molar-refractivity contribution in [1.29, 1.82) is 0 Å². The summed E-state index contributed by atoms with van der Waals surface area (Å²) < 4.78 is 39.3.